The van der Waals surface area contributed by atoms with E-state index < -0.39 is 0 Å². The van der Waals surface area contributed by atoms with E-state index in [4.69, 9.17) is 0 Å². The molecule has 3 aromatic heterocycles. The molecule has 1 amide bonds. The number of rotatable bonds is 7. The van der Waals surface area contributed by atoms with Crippen LogP contribution in [0.2, 0.25) is 0 Å². The van der Waals surface area contributed by atoms with E-state index in [0.29, 0.717) is 15.7 Å². The third kappa shape index (κ3) is 4.71. The van der Waals surface area contributed by atoms with Gasteiger partial charge in [0.15, 0.2) is 11.0 Å². The lowest BCUT2D eigenvalue weighted by Gasteiger charge is -2.13. The van der Waals surface area contributed by atoms with Crippen molar-refractivity contribution in [3.05, 3.63) is 40.5 Å². The lowest BCUT2D eigenvalue weighted by Crippen LogP contribution is -2.23. The van der Waals surface area contributed by atoms with E-state index in [9.17, 15) is 10.1 Å². The molecule has 166 valence electrons. The van der Waals surface area contributed by atoms with Crippen LogP contribution in [0, 0.1) is 11.3 Å². The summed E-state index contributed by atoms with van der Waals surface area (Å²) in [6.07, 6.45) is 9.75. The van der Waals surface area contributed by atoms with Gasteiger partial charge in [-0.15, -0.1) is 21.5 Å². The number of aromatic nitrogens is 4. The predicted octanol–water partition coefficient (Wildman–Crippen LogP) is 5.07. The Morgan fingerprint density at radius 3 is 2.81 bits per heavy atom. The number of hydrogen-bond acceptors (Lipinski definition) is 7. The van der Waals surface area contributed by atoms with Crippen LogP contribution in [0.3, 0.4) is 0 Å². The first-order valence-corrected chi connectivity index (χ1v) is 12.7. The van der Waals surface area contributed by atoms with Crippen LogP contribution in [0.5, 0.6) is 0 Å². The molecular weight excluding hydrogens is 440 g/mol. The summed E-state index contributed by atoms with van der Waals surface area (Å²) in [6, 6.07) is 6.15. The Morgan fingerprint density at radius 2 is 2.06 bits per heavy atom. The Labute approximate surface area is 196 Å². The van der Waals surface area contributed by atoms with Gasteiger partial charge in [0, 0.05) is 29.4 Å². The molecule has 0 radical (unpaired) electrons. The monoisotopic (exact) mass is 466 g/mol. The number of carbonyl (C=O) groups is 1. The molecule has 0 aromatic carbocycles. The van der Waals surface area contributed by atoms with Gasteiger partial charge in [0.05, 0.1) is 10.8 Å². The summed E-state index contributed by atoms with van der Waals surface area (Å²) < 4.78 is 2.05. The molecule has 7 nitrogen and oxygen atoms in total. The fraction of sp³-hybridized carbons (Fsp3) is 0.435. The molecule has 1 N–H and O–H groups in total. The Hall–Kier alpha value is -2.70. The average Bonchev–Trinajstić information content (AvgIpc) is 3.26. The smallest absolute Gasteiger partial charge is 0.238 e. The minimum Gasteiger partial charge on any atom is -0.316 e. The van der Waals surface area contributed by atoms with Gasteiger partial charge in [0.25, 0.3) is 0 Å². The van der Waals surface area contributed by atoms with Gasteiger partial charge in [-0.1, -0.05) is 25.1 Å². The normalized spacial score (nSPS) is 14.3. The minimum absolute atomic E-state index is 0.126. The van der Waals surface area contributed by atoms with Crippen molar-refractivity contribution < 1.29 is 4.79 Å². The van der Waals surface area contributed by atoms with Crippen molar-refractivity contribution in [1.29, 1.82) is 5.26 Å². The Balaban J connectivity index is 1.51. The molecule has 0 spiro atoms. The Bertz CT molecular complexity index is 1130. The second-order valence-electron chi connectivity index (χ2n) is 7.82. The number of thioether (sulfide) groups is 1. The van der Waals surface area contributed by atoms with Gasteiger partial charge in [0.1, 0.15) is 11.1 Å². The van der Waals surface area contributed by atoms with Crippen LogP contribution in [0.25, 0.3) is 11.4 Å². The number of nitrogens with one attached hydrogen (secondary N) is 1. The molecule has 1 aliphatic rings. The Morgan fingerprint density at radius 1 is 1.28 bits per heavy atom. The average molecular weight is 467 g/mol. The number of nitrogens with zero attached hydrogens (tertiary/aromatic N) is 5. The van der Waals surface area contributed by atoms with Crippen molar-refractivity contribution in [2.24, 2.45) is 0 Å². The van der Waals surface area contributed by atoms with Gasteiger partial charge >= 0.3 is 0 Å². The molecule has 0 aliphatic heterocycles. The zero-order valence-electron chi connectivity index (χ0n) is 18.3. The number of fused-ring (bicyclic) bond motifs is 1. The van der Waals surface area contributed by atoms with Gasteiger partial charge < -0.3 is 9.88 Å². The number of thiophene rings is 1. The maximum Gasteiger partial charge on any atom is 0.238 e. The van der Waals surface area contributed by atoms with E-state index >= 15 is 0 Å². The first kappa shape index (κ1) is 22.5. The summed E-state index contributed by atoms with van der Waals surface area (Å²) in [7, 11) is 0. The quantitative estimate of drug-likeness (QED) is 0.386. The zero-order valence-corrected chi connectivity index (χ0v) is 19.9. The standard InChI is InChI=1S/C23H26N6OS2/c1-3-13-29-20(16-9-11-25-12-10-16)27-28-23(29)31-15(2)21(30)26-22-18(14-24)17-7-5-4-6-8-19(17)32-22/h9-12,15H,3-8,13H2,1-2H3,(H,26,30)/t15-/m1/s1. The summed E-state index contributed by atoms with van der Waals surface area (Å²) in [5, 5.41) is 22.5. The van der Waals surface area contributed by atoms with Crippen molar-refractivity contribution in [3.63, 3.8) is 0 Å². The molecule has 1 aliphatic carbocycles. The van der Waals surface area contributed by atoms with Gasteiger partial charge in [-0.25, -0.2) is 0 Å². The summed E-state index contributed by atoms with van der Waals surface area (Å²) in [5.74, 6) is 0.651. The van der Waals surface area contributed by atoms with Crippen LogP contribution in [-0.4, -0.2) is 30.9 Å². The van der Waals surface area contributed by atoms with Gasteiger partial charge in [0.2, 0.25) is 5.91 Å². The highest BCUT2D eigenvalue weighted by Crippen LogP contribution is 2.37. The SMILES string of the molecule is CCCn1c(S[C@H](C)C(=O)Nc2sc3c(c2C#N)CCCCC3)nnc1-c1ccncc1. The largest absolute Gasteiger partial charge is 0.316 e. The second kappa shape index (κ2) is 10.3. The van der Waals surface area contributed by atoms with Crippen molar-refractivity contribution in [1.82, 2.24) is 19.7 Å². The first-order valence-electron chi connectivity index (χ1n) is 11.0. The number of nitriles is 1. The van der Waals surface area contributed by atoms with E-state index in [1.807, 2.05) is 19.1 Å². The van der Waals surface area contributed by atoms with E-state index in [2.05, 4.69) is 38.1 Å². The van der Waals surface area contributed by atoms with Crippen molar-refractivity contribution in [3.8, 4) is 17.5 Å². The molecule has 3 aromatic rings. The van der Waals surface area contributed by atoms with Crippen LogP contribution >= 0.6 is 23.1 Å². The molecule has 9 heteroatoms. The second-order valence-corrected chi connectivity index (χ2v) is 10.2. The molecule has 1 atom stereocenters. The molecule has 0 bridgehead atoms. The third-order valence-corrected chi connectivity index (χ3v) is 7.81. The molecule has 0 saturated heterocycles. The molecule has 3 heterocycles. The highest BCUT2D eigenvalue weighted by Gasteiger charge is 2.25. The van der Waals surface area contributed by atoms with Gasteiger partial charge in [-0.05, 0) is 56.7 Å². The van der Waals surface area contributed by atoms with Gasteiger partial charge in [-0.2, -0.15) is 5.26 Å². The zero-order chi connectivity index (χ0) is 22.5. The molecule has 0 unspecified atom stereocenters. The van der Waals surface area contributed by atoms with E-state index in [1.165, 1.54) is 23.1 Å². The Kier molecular flexibility index (Phi) is 7.22. The van der Waals surface area contributed by atoms with E-state index in [0.717, 1.165) is 55.6 Å². The van der Waals surface area contributed by atoms with Crippen LogP contribution in [0.1, 0.15) is 55.5 Å². The van der Waals surface area contributed by atoms with Gasteiger partial charge in [-0.3, -0.25) is 9.78 Å². The van der Waals surface area contributed by atoms with Crippen molar-refractivity contribution >= 4 is 34.0 Å². The molecule has 0 fully saturated rings. The summed E-state index contributed by atoms with van der Waals surface area (Å²) in [4.78, 5) is 18.3. The minimum atomic E-state index is -0.381. The number of aryl methyl sites for hydroxylation is 1. The number of amides is 1. The topological polar surface area (TPSA) is 96.5 Å². The first-order chi connectivity index (χ1) is 15.6. The van der Waals surface area contributed by atoms with E-state index in [1.54, 1.807) is 23.7 Å². The predicted molar refractivity (Wildman–Crippen MR) is 128 cm³/mol. The van der Waals surface area contributed by atoms with Crippen LogP contribution in [0.4, 0.5) is 5.00 Å². The van der Waals surface area contributed by atoms with E-state index in [-0.39, 0.29) is 11.2 Å². The fourth-order valence-electron chi connectivity index (χ4n) is 3.89. The van der Waals surface area contributed by atoms with Crippen molar-refractivity contribution in [2.45, 2.75) is 69.3 Å². The number of hydrogen-bond donors (Lipinski definition) is 1. The lowest BCUT2D eigenvalue weighted by molar-refractivity contribution is -0.115. The maximum atomic E-state index is 13.0. The summed E-state index contributed by atoms with van der Waals surface area (Å²) in [5.41, 5.74) is 2.73. The molecular formula is C23H26N6OS2. The molecule has 0 saturated carbocycles. The summed E-state index contributed by atoms with van der Waals surface area (Å²) in [6.45, 7) is 4.73. The fourth-order valence-corrected chi connectivity index (χ4v) is 6.01. The van der Waals surface area contributed by atoms with Crippen LogP contribution in [-0.2, 0) is 24.2 Å². The van der Waals surface area contributed by atoms with Crippen LogP contribution < -0.4 is 5.32 Å². The lowest BCUT2D eigenvalue weighted by atomic mass is 10.1. The number of pyridine rings is 1. The highest BCUT2D eigenvalue weighted by atomic mass is 32.2. The maximum absolute atomic E-state index is 13.0. The number of anilines is 1. The molecule has 32 heavy (non-hydrogen) atoms. The summed E-state index contributed by atoms with van der Waals surface area (Å²) >= 11 is 2.95. The van der Waals surface area contributed by atoms with Crippen molar-refractivity contribution in [2.75, 3.05) is 5.32 Å². The van der Waals surface area contributed by atoms with Crippen LogP contribution in [0.15, 0.2) is 29.7 Å². The number of carbonyl (C=O) groups excluding carboxylic acids is 1. The third-order valence-electron chi connectivity index (χ3n) is 5.52. The molecule has 4 rings (SSSR count). The highest BCUT2D eigenvalue weighted by molar-refractivity contribution is 8.00.